The van der Waals surface area contributed by atoms with Gasteiger partial charge in [-0.05, 0) is 6.07 Å². The Bertz CT molecular complexity index is 339. The lowest BCUT2D eigenvalue weighted by Gasteiger charge is -2.07. The second-order valence-corrected chi connectivity index (χ2v) is 2.66. The van der Waals surface area contributed by atoms with Gasteiger partial charge in [-0.25, -0.2) is 9.97 Å². The predicted molar refractivity (Wildman–Crippen MR) is 54.9 cm³/mol. The van der Waals surface area contributed by atoms with Gasteiger partial charge in [0.1, 0.15) is 0 Å². The van der Waals surface area contributed by atoms with E-state index in [1.807, 2.05) is 0 Å². The van der Waals surface area contributed by atoms with E-state index < -0.39 is 5.91 Å². The lowest BCUT2D eigenvalue weighted by molar-refractivity contribution is -0.113. The number of hydrogen-bond acceptors (Lipinski definition) is 5. The zero-order valence-corrected chi connectivity index (χ0v) is 8.10. The summed E-state index contributed by atoms with van der Waals surface area (Å²) in [6.07, 6.45) is 3.04. The number of hydrogen-bond donors (Lipinski definition) is 3. The van der Waals surface area contributed by atoms with Crippen LogP contribution in [0.3, 0.4) is 0 Å². The highest BCUT2D eigenvalue weighted by molar-refractivity contribution is 6.01. The van der Waals surface area contributed by atoms with Crippen LogP contribution in [0.25, 0.3) is 0 Å². The third-order valence-electron chi connectivity index (χ3n) is 1.52. The summed E-state index contributed by atoms with van der Waals surface area (Å²) in [7, 11) is 0. The van der Waals surface area contributed by atoms with Crippen molar-refractivity contribution in [2.45, 2.75) is 0 Å². The van der Waals surface area contributed by atoms with Crippen molar-refractivity contribution in [3.05, 3.63) is 30.7 Å². The van der Waals surface area contributed by atoms with Gasteiger partial charge in [0.15, 0.2) is 0 Å². The zero-order chi connectivity index (χ0) is 11.1. The Hall–Kier alpha value is -1.95. The van der Waals surface area contributed by atoms with Gasteiger partial charge in [-0.15, -0.1) is 0 Å². The van der Waals surface area contributed by atoms with Crippen LogP contribution in [0.15, 0.2) is 30.7 Å². The van der Waals surface area contributed by atoms with E-state index in [1.54, 1.807) is 6.07 Å². The SMILES string of the molecule is C=C(NCCO)C(=O)Nc1ncccn1. The molecule has 80 valence electrons. The molecule has 0 spiro atoms. The number of rotatable bonds is 5. The molecular weight excluding hydrogens is 196 g/mol. The fourth-order valence-electron chi connectivity index (χ4n) is 0.828. The summed E-state index contributed by atoms with van der Waals surface area (Å²) in [5, 5.41) is 13.6. The minimum Gasteiger partial charge on any atom is -0.395 e. The number of aromatic nitrogens is 2. The molecular formula is C9H12N4O2. The molecule has 0 aromatic carbocycles. The van der Waals surface area contributed by atoms with Gasteiger partial charge in [-0.2, -0.15) is 0 Å². The monoisotopic (exact) mass is 208 g/mol. The number of aliphatic hydroxyl groups is 1. The average molecular weight is 208 g/mol. The number of carbonyl (C=O) groups is 1. The van der Waals surface area contributed by atoms with Crippen molar-refractivity contribution in [3.8, 4) is 0 Å². The average Bonchev–Trinajstić information content (AvgIpc) is 2.27. The molecule has 1 aromatic heterocycles. The Kier molecular flexibility index (Phi) is 4.24. The molecule has 0 aliphatic carbocycles. The van der Waals surface area contributed by atoms with E-state index in [2.05, 4.69) is 27.2 Å². The smallest absolute Gasteiger partial charge is 0.273 e. The summed E-state index contributed by atoms with van der Waals surface area (Å²) in [4.78, 5) is 19.0. The van der Waals surface area contributed by atoms with Crippen LogP contribution in [-0.4, -0.2) is 34.1 Å². The van der Waals surface area contributed by atoms with Crippen molar-refractivity contribution in [3.63, 3.8) is 0 Å². The van der Waals surface area contributed by atoms with Crippen LogP contribution in [0.1, 0.15) is 0 Å². The lowest BCUT2D eigenvalue weighted by Crippen LogP contribution is -2.27. The van der Waals surface area contributed by atoms with E-state index in [-0.39, 0.29) is 24.8 Å². The van der Waals surface area contributed by atoms with E-state index in [9.17, 15) is 4.79 Å². The maximum atomic E-state index is 11.4. The molecule has 6 nitrogen and oxygen atoms in total. The molecule has 0 radical (unpaired) electrons. The van der Waals surface area contributed by atoms with E-state index in [0.29, 0.717) is 0 Å². The number of aliphatic hydroxyl groups excluding tert-OH is 1. The minimum atomic E-state index is -0.422. The topological polar surface area (TPSA) is 87.1 Å². The quantitative estimate of drug-likeness (QED) is 0.568. The van der Waals surface area contributed by atoms with Crippen molar-refractivity contribution in [1.29, 1.82) is 0 Å². The molecule has 0 bridgehead atoms. The molecule has 0 fully saturated rings. The molecule has 1 heterocycles. The van der Waals surface area contributed by atoms with Crippen molar-refractivity contribution in [1.82, 2.24) is 15.3 Å². The third kappa shape index (κ3) is 3.74. The summed E-state index contributed by atoms with van der Waals surface area (Å²) >= 11 is 0. The molecule has 15 heavy (non-hydrogen) atoms. The molecule has 0 aliphatic heterocycles. The highest BCUT2D eigenvalue weighted by Crippen LogP contribution is 1.96. The summed E-state index contributed by atoms with van der Waals surface area (Å²) < 4.78 is 0. The van der Waals surface area contributed by atoms with Crippen LogP contribution in [0.2, 0.25) is 0 Å². The van der Waals surface area contributed by atoms with Crippen LogP contribution in [0.5, 0.6) is 0 Å². The first-order valence-electron chi connectivity index (χ1n) is 4.36. The van der Waals surface area contributed by atoms with E-state index in [1.165, 1.54) is 12.4 Å². The van der Waals surface area contributed by atoms with Crippen LogP contribution in [0, 0.1) is 0 Å². The van der Waals surface area contributed by atoms with Gasteiger partial charge >= 0.3 is 0 Å². The summed E-state index contributed by atoms with van der Waals surface area (Å²) in [6, 6.07) is 1.65. The first-order valence-corrected chi connectivity index (χ1v) is 4.36. The first-order chi connectivity index (χ1) is 7.24. The molecule has 0 saturated carbocycles. The van der Waals surface area contributed by atoms with Gasteiger partial charge in [0.05, 0.1) is 12.3 Å². The highest BCUT2D eigenvalue weighted by atomic mass is 16.3. The minimum absolute atomic E-state index is 0.0614. The Morgan fingerprint density at radius 1 is 1.47 bits per heavy atom. The Morgan fingerprint density at radius 3 is 2.73 bits per heavy atom. The maximum Gasteiger partial charge on any atom is 0.273 e. The van der Waals surface area contributed by atoms with Gasteiger partial charge < -0.3 is 10.4 Å². The molecule has 3 N–H and O–H groups in total. The Labute approximate surface area is 87.1 Å². The molecule has 6 heteroatoms. The molecule has 0 atom stereocenters. The molecule has 0 saturated heterocycles. The lowest BCUT2D eigenvalue weighted by atomic mass is 10.4. The number of carbonyl (C=O) groups excluding carboxylic acids is 1. The normalized spacial score (nSPS) is 9.40. The molecule has 1 aromatic rings. The number of nitrogens with one attached hydrogen (secondary N) is 2. The summed E-state index contributed by atoms with van der Waals surface area (Å²) in [5.74, 6) is -0.205. The standard InChI is InChI=1S/C9H12N4O2/c1-7(10-5-6-14)8(15)13-9-11-3-2-4-12-9/h2-4,10,14H,1,5-6H2,(H,11,12,13,15). The Balaban J connectivity index is 2.45. The van der Waals surface area contributed by atoms with Crippen molar-refractivity contribution >= 4 is 11.9 Å². The van der Waals surface area contributed by atoms with E-state index >= 15 is 0 Å². The van der Waals surface area contributed by atoms with Gasteiger partial charge in [0, 0.05) is 18.9 Å². The van der Waals surface area contributed by atoms with Crippen LogP contribution in [0.4, 0.5) is 5.95 Å². The number of anilines is 1. The van der Waals surface area contributed by atoms with Gasteiger partial charge in [-0.1, -0.05) is 6.58 Å². The fraction of sp³-hybridized carbons (Fsp3) is 0.222. The van der Waals surface area contributed by atoms with Crippen molar-refractivity contribution in [2.24, 2.45) is 0 Å². The van der Waals surface area contributed by atoms with Crippen molar-refractivity contribution < 1.29 is 9.90 Å². The summed E-state index contributed by atoms with van der Waals surface area (Å²) in [5.41, 5.74) is 0.163. The molecule has 0 aliphatic rings. The van der Waals surface area contributed by atoms with Gasteiger partial charge in [-0.3, -0.25) is 10.1 Å². The van der Waals surface area contributed by atoms with Crippen LogP contribution in [-0.2, 0) is 4.79 Å². The highest BCUT2D eigenvalue weighted by Gasteiger charge is 2.07. The van der Waals surface area contributed by atoms with Gasteiger partial charge in [0.2, 0.25) is 5.95 Å². The maximum absolute atomic E-state index is 11.4. The summed E-state index contributed by atoms with van der Waals surface area (Å²) in [6.45, 7) is 3.72. The first kappa shape index (κ1) is 11.1. The van der Waals surface area contributed by atoms with E-state index in [4.69, 9.17) is 5.11 Å². The van der Waals surface area contributed by atoms with Gasteiger partial charge in [0.25, 0.3) is 5.91 Å². The second-order valence-electron chi connectivity index (χ2n) is 2.66. The molecule has 1 rings (SSSR count). The Morgan fingerprint density at radius 2 is 2.13 bits per heavy atom. The largest absolute Gasteiger partial charge is 0.395 e. The van der Waals surface area contributed by atoms with Crippen LogP contribution < -0.4 is 10.6 Å². The van der Waals surface area contributed by atoms with Crippen molar-refractivity contribution in [2.75, 3.05) is 18.5 Å². The number of nitrogens with zero attached hydrogens (tertiary/aromatic N) is 2. The van der Waals surface area contributed by atoms with Crippen LogP contribution >= 0.6 is 0 Å². The molecule has 1 amide bonds. The molecule has 0 unspecified atom stereocenters. The predicted octanol–water partition coefficient (Wildman–Crippen LogP) is -0.489. The number of amides is 1. The third-order valence-corrected chi connectivity index (χ3v) is 1.52. The zero-order valence-electron chi connectivity index (χ0n) is 8.10. The van der Waals surface area contributed by atoms with E-state index in [0.717, 1.165) is 0 Å². The fourth-order valence-corrected chi connectivity index (χ4v) is 0.828. The second kappa shape index (κ2) is 5.71.